The summed E-state index contributed by atoms with van der Waals surface area (Å²) < 4.78 is 5.19. The van der Waals surface area contributed by atoms with E-state index in [0.717, 1.165) is 5.56 Å². The van der Waals surface area contributed by atoms with Gasteiger partial charge in [-0.25, -0.2) is 0 Å². The molecule has 2 nitrogen and oxygen atoms in total. The molecule has 0 heterocycles. The van der Waals surface area contributed by atoms with E-state index in [4.69, 9.17) is 27.9 Å². The van der Waals surface area contributed by atoms with Gasteiger partial charge in [-0.2, -0.15) is 0 Å². The minimum atomic E-state index is -0.0337. The summed E-state index contributed by atoms with van der Waals surface area (Å²) in [6, 6.07) is 3.46. The Labute approximate surface area is 102 Å². The van der Waals surface area contributed by atoms with Gasteiger partial charge in [0.05, 0.1) is 17.1 Å². The van der Waals surface area contributed by atoms with Crippen LogP contribution in [0.4, 0.5) is 0 Å². The zero-order chi connectivity index (χ0) is 10.7. The first-order valence-electron chi connectivity index (χ1n) is 3.94. The number of rotatable bonds is 3. The molecule has 1 rings (SSSR count). The SMILES string of the molecule is CNC(Br)c1cc(Cl)cc(Cl)c1OC. The Kier molecular flexibility index (Phi) is 4.51. The van der Waals surface area contributed by atoms with Gasteiger partial charge in [-0.3, -0.25) is 0 Å². The third-order valence-electron chi connectivity index (χ3n) is 1.77. The van der Waals surface area contributed by atoms with Crippen molar-refractivity contribution in [3.8, 4) is 5.75 Å². The van der Waals surface area contributed by atoms with Crippen molar-refractivity contribution in [2.24, 2.45) is 0 Å². The second-order valence-electron chi connectivity index (χ2n) is 2.66. The molecule has 0 bridgehead atoms. The van der Waals surface area contributed by atoms with Gasteiger partial charge in [0.1, 0.15) is 5.75 Å². The van der Waals surface area contributed by atoms with Crippen LogP contribution in [0.2, 0.25) is 10.0 Å². The lowest BCUT2D eigenvalue weighted by molar-refractivity contribution is 0.408. The highest BCUT2D eigenvalue weighted by atomic mass is 79.9. The zero-order valence-corrected chi connectivity index (χ0v) is 10.9. The Hall–Kier alpha value is 0.0400. The molecule has 1 aromatic carbocycles. The van der Waals surface area contributed by atoms with Gasteiger partial charge in [0.15, 0.2) is 0 Å². The van der Waals surface area contributed by atoms with E-state index >= 15 is 0 Å². The van der Waals surface area contributed by atoms with Crippen LogP contribution >= 0.6 is 39.1 Å². The van der Waals surface area contributed by atoms with E-state index in [2.05, 4.69) is 21.2 Å². The molecule has 0 aliphatic heterocycles. The largest absolute Gasteiger partial charge is 0.495 e. The number of halogens is 3. The van der Waals surface area contributed by atoms with Crippen molar-refractivity contribution in [2.75, 3.05) is 14.2 Å². The molecule has 0 saturated heterocycles. The molecule has 1 unspecified atom stereocenters. The Balaban J connectivity index is 3.24. The van der Waals surface area contributed by atoms with Crippen LogP contribution in [0.1, 0.15) is 10.5 Å². The number of ether oxygens (including phenoxy) is 1. The number of methoxy groups -OCH3 is 1. The Morgan fingerprint density at radius 3 is 2.57 bits per heavy atom. The van der Waals surface area contributed by atoms with Crippen LogP contribution in [0.3, 0.4) is 0 Å². The molecule has 0 saturated carbocycles. The van der Waals surface area contributed by atoms with Crippen molar-refractivity contribution >= 4 is 39.1 Å². The molecular weight excluding hydrogens is 289 g/mol. The molecule has 0 radical (unpaired) electrons. The van der Waals surface area contributed by atoms with Gasteiger partial charge >= 0.3 is 0 Å². The zero-order valence-electron chi connectivity index (χ0n) is 7.77. The maximum atomic E-state index is 5.98. The highest BCUT2D eigenvalue weighted by Gasteiger charge is 2.15. The molecule has 1 atom stereocenters. The average Bonchev–Trinajstić information content (AvgIpc) is 2.15. The molecule has 0 aliphatic carbocycles. The van der Waals surface area contributed by atoms with Gasteiger partial charge in [-0.15, -0.1) is 0 Å². The van der Waals surface area contributed by atoms with Crippen molar-refractivity contribution in [3.05, 3.63) is 27.7 Å². The van der Waals surface area contributed by atoms with E-state index in [-0.39, 0.29) is 4.95 Å². The summed E-state index contributed by atoms with van der Waals surface area (Å²) in [6.45, 7) is 0. The number of nitrogens with one attached hydrogen (secondary N) is 1. The molecular formula is C9H10BrCl2NO. The van der Waals surface area contributed by atoms with Gasteiger partial charge < -0.3 is 10.1 Å². The Morgan fingerprint density at radius 1 is 1.43 bits per heavy atom. The van der Waals surface area contributed by atoms with Gasteiger partial charge in [0.25, 0.3) is 0 Å². The Morgan fingerprint density at radius 2 is 2.07 bits per heavy atom. The normalized spacial score (nSPS) is 12.6. The molecule has 5 heteroatoms. The lowest BCUT2D eigenvalue weighted by Crippen LogP contribution is -2.10. The predicted molar refractivity (Wildman–Crippen MR) is 63.7 cm³/mol. The summed E-state index contributed by atoms with van der Waals surface area (Å²) in [7, 11) is 3.40. The van der Waals surface area contributed by atoms with E-state index in [0.29, 0.717) is 15.8 Å². The third kappa shape index (κ3) is 2.54. The summed E-state index contributed by atoms with van der Waals surface area (Å²) in [4.78, 5) is -0.0337. The summed E-state index contributed by atoms with van der Waals surface area (Å²) in [6.07, 6.45) is 0. The summed E-state index contributed by atoms with van der Waals surface area (Å²) >= 11 is 15.3. The van der Waals surface area contributed by atoms with Gasteiger partial charge in [0, 0.05) is 10.6 Å². The highest BCUT2D eigenvalue weighted by Crippen LogP contribution is 2.37. The van der Waals surface area contributed by atoms with Crippen LogP contribution in [0.5, 0.6) is 5.75 Å². The van der Waals surface area contributed by atoms with Gasteiger partial charge in [-0.05, 0) is 19.2 Å². The summed E-state index contributed by atoms with van der Waals surface area (Å²) in [5.41, 5.74) is 0.882. The number of benzene rings is 1. The highest BCUT2D eigenvalue weighted by molar-refractivity contribution is 9.09. The second kappa shape index (κ2) is 5.21. The van der Waals surface area contributed by atoms with Gasteiger partial charge in [-0.1, -0.05) is 39.1 Å². The molecule has 78 valence electrons. The van der Waals surface area contributed by atoms with Crippen LogP contribution in [0.25, 0.3) is 0 Å². The standard InChI is InChI=1S/C9H10BrCl2NO/c1-13-9(10)6-3-5(11)4-7(12)8(6)14-2/h3-4,9,13H,1-2H3. The smallest absolute Gasteiger partial charge is 0.143 e. The molecule has 0 aliphatic rings. The third-order valence-corrected chi connectivity index (χ3v) is 3.22. The number of alkyl halides is 1. The molecule has 0 amide bonds. The van der Waals surface area contributed by atoms with Crippen molar-refractivity contribution in [3.63, 3.8) is 0 Å². The van der Waals surface area contributed by atoms with E-state index in [1.165, 1.54) is 0 Å². The first-order valence-corrected chi connectivity index (χ1v) is 5.61. The summed E-state index contributed by atoms with van der Waals surface area (Å²) in [5, 5.41) is 4.13. The minimum Gasteiger partial charge on any atom is -0.495 e. The predicted octanol–water partition coefficient (Wildman–Crippen LogP) is 3.61. The number of hydrogen-bond acceptors (Lipinski definition) is 2. The summed E-state index contributed by atoms with van der Waals surface area (Å²) in [5.74, 6) is 0.632. The molecule has 1 aromatic rings. The first-order chi connectivity index (χ1) is 6.60. The maximum Gasteiger partial charge on any atom is 0.143 e. The fourth-order valence-corrected chi connectivity index (χ4v) is 2.07. The molecule has 14 heavy (non-hydrogen) atoms. The molecule has 0 spiro atoms. The second-order valence-corrected chi connectivity index (χ2v) is 4.42. The van der Waals surface area contributed by atoms with E-state index in [1.807, 2.05) is 13.1 Å². The fraction of sp³-hybridized carbons (Fsp3) is 0.333. The number of hydrogen-bond donors (Lipinski definition) is 1. The average molecular weight is 299 g/mol. The van der Waals surface area contributed by atoms with Crippen molar-refractivity contribution < 1.29 is 4.74 Å². The van der Waals surface area contributed by atoms with Crippen LogP contribution in [0.15, 0.2) is 12.1 Å². The minimum absolute atomic E-state index is 0.0337. The van der Waals surface area contributed by atoms with Crippen LogP contribution < -0.4 is 10.1 Å². The Bertz CT molecular complexity index is 333. The van der Waals surface area contributed by atoms with Crippen molar-refractivity contribution in [2.45, 2.75) is 4.95 Å². The van der Waals surface area contributed by atoms with Crippen molar-refractivity contribution in [1.82, 2.24) is 5.32 Å². The topological polar surface area (TPSA) is 21.3 Å². The van der Waals surface area contributed by atoms with Crippen LogP contribution in [0, 0.1) is 0 Å². The molecule has 1 N–H and O–H groups in total. The lowest BCUT2D eigenvalue weighted by atomic mass is 10.2. The van der Waals surface area contributed by atoms with E-state index in [1.54, 1.807) is 13.2 Å². The molecule has 0 aromatic heterocycles. The van der Waals surface area contributed by atoms with Gasteiger partial charge in [0.2, 0.25) is 0 Å². The van der Waals surface area contributed by atoms with Crippen LogP contribution in [-0.4, -0.2) is 14.2 Å². The van der Waals surface area contributed by atoms with Crippen molar-refractivity contribution in [1.29, 1.82) is 0 Å². The van der Waals surface area contributed by atoms with E-state index in [9.17, 15) is 0 Å². The molecule has 0 fully saturated rings. The van der Waals surface area contributed by atoms with Crippen LogP contribution in [-0.2, 0) is 0 Å². The quantitative estimate of drug-likeness (QED) is 0.680. The fourth-order valence-electron chi connectivity index (χ4n) is 1.14. The lowest BCUT2D eigenvalue weighted by Gasteiger charge is -2.15. The monoisotopic (exact) mass is 297 g/mol. The van der Waals surface area contributed by atoms with E-state index < -0.39 is 0 Å². The maximum absolute atomic E-state index is 5.98. The first kappa shape index (κ1) is 12.1.